The predicted molar refractivity (Wildman–Crippen MR) is 102 cm³/mol. The average molecular weight is 354 g/mol. The Bertz CT molecular complexity index is 709. The zero-order valence-corrected chi connectivity index (χ0v) is 15.4. The van der Waals surface area contributed by atoms with E-state index >= 15 is 0 Å². The van der Waals surface area contributed by atoms with Gasteiger partial charge in [0.25, 0.3) is 5.91 Å². The molecule has 3 rings (SSSR count). The van der Waals surface area contributed by atoms with Crippen LogP contribution >= 0.6 is 0 Å². The summed E-state index contributed by atoms with van der Waals surface area (Å²) in [5.74, 6) is 1.64. The molecule has 1 aliphatic rings. The van der Waals surface area contributed by atoms with Crippen molar-refractivity contribution >= 4 is 5.91 Å². The molecule has 0 atom stereocenters. The lowest BCUT2D eigenvalue weighted by atomic mass is 10.1. The van der Waals surface area contributed by atoms with E-state index in [1.807, 2.05) is 48.5 Å². The average Bonchev–Trinajstić information content (AvgIpc) is 3.53. The normalized spacial score (nSPS) is 13.5. The van der Waals surface area contributed by atoms with Crippen molar-refractivity contribution in [1.29, 1.82) is 0 Å². The first kappa shape index (κ1) is 18.3. The summed E-state index contributed by atoms with van der Waals surface area (Å²) >= 11 is 0. The van der Waals surface area contributed by atoms with Crippen molar-refractivity contribution in [2.24, 2.45) is 0 Å². The van der Waals surface area contributed by atoms with Gasteiger partial charge in [-0.15, -0.1) is 0 Å². The van der Waals surface area contributed by atoms with Crippen LogP contribution in [0.15, 0.2) is 48.5 Å². The van der Waals surface area contributed by atoms with Crippen LogP contribution in [-0.4, -0.2) is 44.2 Å². The minimum Gasteiger partial charge on any atom is -0.497 e. The molecule has 1 aliphatic carbocycles. The summed E-state index contributed by atoms with van der Waals surface area (Å²) in [6, 6.07) is 16.1. The van der Waals surface area contributed by atoms with Crippen LogP contribution < -0.4 is 14.8 Å². The fourth-order valence-corrected chi connectivity index (χ4v) is 2.92. The van der Waals surface area contributed by atoms with Crippen LogP contribution in [0, 0.1) is 0 Å². The lowest BCUT2D eigenvalue weighted by Crippen LogP contribution is -2.30. The third-order valence-corrected chi connectivity index (χ3v) is 4.60. The van der Waals surface area contributed by atoms with E-state index in [2.05, 4.69) is 10.2 Å². The first-order valence-electron chi connectivity index (χ1n) is 9.01. The van der Waals surface area contributed by atoms with Crippen molar-refractivity contribution in [3.05, 3.63) is 59.7 Å². The summed E-state index contributed by atoms with van der Waals surface area (Å²) in [5.41, 5.74) is 1.91. The van der Waals surface area contributed by atoms with Gasteiger partial charge in [-0.05, 0) is 54.8 Å². The van der Waals surface area contributed by atoms with Gasteiger partial charge in [0.15, 0.2) is 0 Å². The molecule has 0 heterocycles. The molecule has 26 heavy (non-hydrogen) atoms. The third kappa shape index (κ3) is 4.99. The monoisotopic (exact) mass is 354 g/mol. The second kappa shape index (κ2) is 8.72. The van der Waals surface area contributed by atoms with E-state index in [-0.39, 0.29) is 5.91 Å². The molecule has 0 aliphatic heterocycles. The number of benzene rings is 2. The van der Waals surface area contributed by atoms with Gasteiger partial charge in [0.1, 0.15) is 18.1 Å². The van der Waals surface area contributed by atoms with Crippen molar-refractivity contribution < 1.29 is 14.3 Å². The number of rotatable bonds is 9. The van der Waals surface area contributed by atoms with E-state index in [0.717, 1.165) is 24.6 Å². The molecule has 0 bridgehead atoms. The molecule has 0 unspecified atom stereocenters. The third-order valence-electron chi connectivity index (χ3n) is 4.60. The van der Waals surface area contributed by atoms with Gasteiger partial charge in [-0.25, -0.2) is 0 Å². The van der Waals surface area contributed by atoms with Gasteiger partial charge in [-0.2, -0.15) is 0 Å². The number of carbonyl (C=O) groups is 1. The van der Waals surface area contributed by atoms with E-state index in [1.165, 1.54) is 18.4 Å². The summed E-state index contributed by atoms with van der Waals surface area (Å²) in [6.45, 7) is 2.41. The van der Waals surface area contributed by atoms with Crippen LogP contribution in [0.25, 0.3) is 0 Å². The first-order valence-corrected chi connectivity index (χ1v) is 9.01. The molecule has 0 aromatic heterocycles. The van der Waals surface area contributed by atoms with Gasteiger partial charge < -0.3 is 14.8 Å². The Morgan fingerprint density at radius 3 is 2.31 bits per heavy atom. The Morgan fingerprint density at radius 2 is 1.73 bits per heavy atom. The van der Waals surface area contributed by atoms with Gasteiger partial charge in [-0.3, -0.25) is 9.69 Å². The first-order chi connectivity index (χ1) is 12.7. The molecule has 138 valence electrons. The van der Waals surface area contributed by atoms with E-state index in [9.17, 15) is 4.79 Å². The molecule has 0 saturated heterocycles. The minimum atomic E-state index is -0.0523. The van der Waals surface area contributed by atoms with Crippen LogP contribution in [0.1, 0.15) is 28.8 Å². The highest BCUT2D eigenvalue weighted by molar-refractivity contribution is 5.93. The van der Waals surface area contributed by atoms with Gasteiger partial charge in [0, 0.05) is 31.7 Å². The number of amides is 1. The highest BCUT2D eigenvalue weighted by atomic mass is 16.5. The smallest absolute Gasteiger partial charge is 0.251 e. The topological polar surface area (TPSA) is 50.8 Å². The number of nitrogens with zero attached hydrogens (tertiary/aromatic N) is 1. The van der Waals surface area contributed by atoms with Crippen molar-refractivity contribution in [2.75, 3.05) is 27.3 Å². The van der Waals surface area contributed by atoms with Crippen molar-refractivity contribution in [2.45, 2.75) is 25.4 Å². The maximum atomic E-state index is 11.6. The lowest BCUT2D eigenvalue weighted by Gasteiger charge is -2.22. The van der Waals surface area contributed by atoms with Crippen LogP contribution in [0.4, 0.5) is 0 Å². The van der Waals surface area contributed by atoms with E-state index < -0.39 is 0 Å². The van der Waals surface area contributed by atoms with Gasteiger partial charge >= 0.3 is 0 Å². The zero-order valence-electron chi connectivity index (χ0n) is 15.4. The van der Waals surface area contributed by atoms with Crippen molar-refractivity contribution in [1.82, 2.24) is 10.2 Å². The molecule has 2 aromatic rings. The molecule has 1 fully saturated rings. The molecule has 5 nitrogen and oxygen atoms in total. The molecule has 0 spiro atoms. The molecule has 2 aromatic carbocycles. The Balaban J connectivity index is 1.51. The van der Waals surface area contributed by atoms with Crippen LogP contribution in [-0.2, 0) is 6.54 Å². The maximum Gasteiger partial charge on any atom is 0.251 e. The molecule has 5 heteroatoms. The van der Waals surface area contributed by atoms with Gasteiger partial charge in [0.2, 0.25) is 0 Å². The second-order valence-corrected chi connectivity index (χ2v) is 6.50. The van der Waals surface area contributed by atoms with Crippen molar-refractivity contribution in [3.63, 3.8) is 0 Å². The quantitative estimate of drug-likeness (QED) is 0.752. The van der Waals surface area contributed by atoms with E-state index in [1.54, 1.807) is 14.2 Å². The summed E-state index contributed by atoms with van der Waals surface area (Å²) in [5, 5.41) is 2.65. The highest BCUT2D eigenvalue weighted by Gasteiger charge is 2.28. The predicted octanol–water partition coefficient (Wildman–Crippen LogP) is 3.10. The number of methoxy groups -OCH3 is 1. The Hall–Kier alpha value is -2.53. The Morgan fingerprint density at radius 1 is 1.08 bits per heavy atom. The number of hydrogen-bond acceptors (Lipinski definition) is 4. The minimum absolute atomic E-state index is 0.0523. The summed E-state index contributed by atoms with van der Waals surface area (Å²) < 4.78 is 11.0. The molecule has 1 N–H and O–H groups in total. The highest BCUT2D eigenvalue weighted by Crippen LogP contribution is 2.28. The number of ether oxygens (including phenoxy) is 2. The summed E-state index contributed by atoms with van der Waals surface area (Å²) in [6.07, 6.45) is 2.50. The van der Waals surface area contributed by atoms with Gasteiger partial charge in [0.05, 0.1) is 7.11 Å². The van der Waals surface area contributed by atoms with Crippen LogP contribution in [0.5, 0.6) is 11.5 Å². The second-order valence-electron chi connectivity index (χ2n) is 6.50. The SMILES string of the molecule is CNC(=O)c1ccc(CN(CCOc2ccc(OC)cc2)C2CC2)cc1. The summed E-state index contributed by atoms with van der Waals surface area (Å²) in [4.78, 5) is 14.1. The lowest BCUT2D eigenvalue weighted by molar-refractivity contribution is 0.0963. The molecule has 1 amide bonds. The fraction of sp³-hybridized carbons (Fsp3) is 0.381. The molecule has 1 saturated carbocycles. The number of nitrogens with one attached hydrogen (secondary N) is 1. The van der Waals surface area contributed by atoms with Crippen molar-refractivity contribution in [3.8, 4) is 11.5 Å². The maximum absolute atomic E-state index is 11.6. The largest absolute Gasteiger partial charge is 0.497 e. The molecular weight excluding hydrogens is 328 g/mol. The molecule has 0 radical (unpaired) electrons. The van der Waals surface area contributed by atoms with E-state index in [0.29, 0.717) is 18.2 Å². The number of carbonyl (C=O) groups excluding carboxylic acids is 1. The summed E-state index contributed by atoms with van der Waals surface area (Å²) in [7, 11) is 3.30. The Labute approximate surface area is 154 Å². The van der Waals surface area contributed by atoms with Crippen LogP contribution in [0.3, 0.4) is 0 Å². The zero-order chi connectivity index (χ0) is 18.4. The standard InChI is InChI=1S/C21H26N2O3/c1-22-21(24)17-5-3-16(4-6-17)15-23(18-7-8-18)13-14-26-20-11-9-19(25-2)10-12-20/h3-6,9-12,18H,7-8,13-15H2,1-2H3,(H,22,24). The molecular formula is C21H26N2O3. The number of hydrogen-bond donors (Lipinski definition) is 1. The van der Waals surface area contributed by atoms with Gasteiger partial charge in [-0.1, -0.05) is 12.1 Å². The van der Waals surface area contributed by atoms with E-state index in [4.69, 9.17) is 9.47 Å². The van der Waals surface area contributed by atoms with Crippen LogP contribution in [0.2, 0.25) is 0 Å². The Kier molecular flexibility index (Phi) is 6.12. The fourth-order valence-electron chi connectivity index (χ4n) is 2.92.